The smallest absolute Gasteiger partial charge is 0.338 e. The molecule has 4 rings (SSSR count). The summed E-state index contributed by atoms with van der Waals surface area (Å²) in [4.78, 5) is 52.5. The van der Waals surface area contributed by atoms with Gasteiger partial charge in [0.25, 0.3) is 11.2 Å². The summed E-state index contributed by atoms with van der Waals surface area (Å²) in [5, 5.41) is 16.3. The highest BCUT2D eigenvalue weighted by Crippen LogP contribution is 2.28. The molecule has 12 nitrogen and oxygen atoms in total. The second-order valence-corrected chi connectivity index (χ2v) is 6.80. The van der Waals surface area contributed by atoms with Crippen LogP contribution in [0.25, 0.3) is 10.9 Å². The van der Waals surface area contributed by atoms with Gasteiger partial charge < -0.3 is 19.8 Å². The molecule has 3 aromatic rings. The van der Waals surface area contributed by atoms with Crippen molar-refractivity contribution in [1.82, 2.24) is 20.2 Å². The first-order valence-electron chi connectivity index (χ1n) is 9.53. The molecular formula is C20H17N5O7. The molecule has 1 aliphatic heterocycles. The molecule has 1 aliphatic rings. The summed E-state index contributed by atoms with van der Waals surface area (Å²) in [7, 11) is 0. The lowest BCUT2D eigenvalue weighted by Crippen LogP contribution is -2.47. The number of nitrogens with zero attached hydrogens (tertiary/aromatic N) is 3. The molecule has 3 heterocycles. The van der Waals surface area contributed by atoms with Crippen molar-refractivity contribution in [3.8, 4) is 0 Å². The van der Waals surface area contributed by atoms with E-state index < -0.39 is 28.5 Å². The Balaban J connectivity index is 1.80. The van der Waals surface area contributed by atoms with Gasteiger partial charge in [0.1, 0.15) is 11.8 Å². The molecule has 2 amide bonds. The molecule has 1 atom stereocenters. The molecule has 0 aliphatic carbocycles. The molecule has 1 unspecified atom stereocenters. The maximum atomic E-state index is 12.9. The van der Waals surface area contributed by atoms with Crippen LogP contribution in [0, 0.1) is 10.1 Å². The van der Waals surface area contributed by atoms with Gasteiger partial charge in [-0.05, 0) is 25.1 Å². The quantitative estimate of drug-likeness (QED) is 0.334. The fourth-order valence-electron chi connectivity index (χ4n) is 3.40. The molecule has 0 saturated heterocycles. The molecule has 2 aromatic heterocycles. The summed E-state index contributed by atoms with van der Waals surface area (Å²) < 4.78 is 11.7. The van der Waals surface area contributed by atoms with Crippen LogP contribution in [0.15, 0.2) is 63.4 Å². The topological polar surface area (TPSA) is 159 Å². The number of ether oxygens (including phenoxy) is 1. The van der Waals surface area contributed by atoms with Gasteiger partial charge in [0, 0.05) is 12.1 Å². The maximum Gasteiger partial charge on any atom is 0.338 e. The van der Waals surface area contributed by atoms with Crippen LogP contribution in [-0.2, 0) is 16.1 Å². The number of nitrogens with one attached hydrogen (secondary N) is 2. The maximum absolute atomic E-state index is 12.9. The van der Waals surface area contributed by atoms with Crippen LogP contribution in [-0.4, -0.2) is 33.1 Å². The number of fused-ring (bicyclic) bond motifs is 1. The summed E-state index contributed by atoms with van der Waals surface area (Å²) in [6.45, 7) is 1.55. The van der Waals surface area contributed by atoms with Crippen molar-refractivity contribution < 1.29 is 23.7 Å². The summed E-state index contributed by atoms with van der Waals surface area (Å²) >= 11 is 0. The highest BCUT2D eigenvalue weighted by Gasteiger charge is 2.35. The van der Waals surface area contributed by atoms with Crippen molar-refractivity contribution >= 4 is 28.6 Å². The Morgan fingerprint density at radius 1 is 1.34 bits per heavy atom. The monoisotopic (exact) mass is 439 g/mol. The van der Waals surface area contributed by atoms with Gasteiger partial charge in [-0.2, -0.15) is 0 Å². The molecule has 12 heteroatoms. The Labute approximate surface area is 179 Å². The van der Waals surface area contributed by atoms with E-state index in [1.807, 2.05) is 0 Å². The number of esters is 1. The number of furan rings is 1. The van der Waals surface area contributed by atoms with Crippen molar-refractivity contribution in [2.45, 2.75) is 19.5 Å². The summed E-state index contributed by atoms with van der Waals surface area (Å²) in [5.41, 5.74) is -0.317. The van der Waals surface area contributed by atoms with Gasteiger partial charge in [-0.15, -0.1) is 0 Å². The van der Waals surface area contributed by atoms with Gasteiger partial charge >= 0.3 is 12.0 Å². The average Bonchev–Trinajstić information content (AvgIpc) is 3.30. The Kier molecular flexibility index (Phi) is 5.41. The molecule has 0 spiro atoms. The lowest BCUT2D eigenvalue weighted by molar-refractivity contribution is -0.384. The second kappa shape index (κ2) is 8.34. The van der Waals surface area contributed by atoms with E-state index in [1.165, 1.54) is 35.4 Å². The zero-order valence-electron chi connectivity index (χ0n) is 16.7. The molecule has 2 N–H and O–H groups in total. The zero-order valence-corrected chi connectivity index (χ0v) is 16.7. The lowest BCUT2D eigenvalue weighted by atomic mass is 10.00. The van der Waals surface area contributed by atoms with Crippen molar-refractivity contribution in [3.63, 3.8) is 0 Å². The average molecular weight is 439 g/mol. The number of amides is 2. The third-order valence-electron chi connectivity index (χ3n) is 4.82. The van der Waals surface area contributed by atoms with E-state index in [0.29, 0.717) is 5.76 Å². The minimum absolute atomic E-state index is 0.0806. The fraction of sp³-hybridized carbons (Fsp3) is 0.200. The van der Waals surface area contributed by atoms with Crippen molar-refractivity contribution in [1.29, 1.82) is 0 Å². The Bertz CT molecular complexity index is 1310. The Morgan fingerprint density at radius 3 is 2.84 bits per heavy atom. The summed E-state index contributed by atoms with van der Waals surface area (Å²) in [6.07, 6.45) is 2.60. The van der Waals surface area contributed by atoms with E-state index in [9.17, 15) is 24.5 Å². The van der Waals surface area contributed by atoms with E-state index in [2.05, 4.69) is 15.6 Å². The first-order valence-corrected chi connectivity index (χ1v) is 9.53. The third kappa shape index (κ3) is 3.80. The predicted molar refractivity (Wildman–Crippen MR) is 109 cm³/mol. The minimum Gasteiger partial charge on any atom is -0.467 e. The van der Waals surface area contributed by atoms with E-state index in [4.69, 9.17) is 9.15 Å². The number of rotatable bonds is 6. The number of benzene rings is 1. The number of hydrogen-bond acceptors (Lipinski definition) is 8. The highest BCUT2D eigenvalue weighted by atomic mass is 16.6. The first kappa shape index (κ1) is 20.8. The molecule has 1 aromatic carbocycles. The van der Waals surface area contributed by atoms with Crippen LogP contribution < -0.4 is 16.2 Å². The third-order valence-corrected chi connectivity index (χ3v) is 4.82. The molecule has 0 radical (unpaired) electrons. The normalized spacial score (nSPS) is 15.9. The van der Waals surface area contributed by atoms with Crippen LogP contribution in [0.5, 0.6) is 0 Å². The van der Waals surface area contributed by atoms with Crippen molar-refractivity contribution in [2.24, 2.45) is 0 Å². The molecule has 164 valence electrons. The summed E-state index contributed by atoms with van der Waals surface area (Å²) in [5.74, 6) is -0.370. The number of allylic oxidation sites excluding steroid dienone is 1. The Hall–Kier alpha value is -4.48. The molecule has 32 heavy (non-hydrogen) atoms. The number of hydrogen-bond donors (Lipinski definition) is 2. The van der Waals surface area contributed by atoms with Crippen molar-refractivity contribution in [3.05, 3.63) is 80.4 Å². The van der Waals surface area contributed by atoms with Gasteiger partial charge in [0.2, 0.25) is 0 Å². The predicted octanol–water partition coefficient (Wildman–Crippen LogP) is 1.77. The van der Waals surface area contributed by atoms with Crippen LogP contribution in [0.4, 0.5) is 10.5 Å². The van der Waals surface area contributed by atoms with Crippen molar-refractivity contribution in [2.75, 3.05) is 6.61 Å². The molecule has 0 fully saturated rings. The number of urea groups is 1. The van der Waals surface area contributed by atoms with E-state index in [1.54, 1.807) is 19.1 Å². The van der Waals surface area contributed by atoms with Crippen LogP contribution in [0.1, 0.15) is 18.7 Å². The van der Waals surface area contributed by atoms with Gasteiger partial charge in [-0.1, -0.05) is 0 Å². The number of non-ortho nitro benzene ring substituents is 1. The van der Waals surface area contributed by atoms with Gasteiger partial charge in [0.15, 0.2) is 0 Å². The van der Waals surface area contributed by atoms with E-state index >= 15 is 0 Å². The van der Waals surface area contributed by atoms with Crippen LogP contribution in [0.3, 0.4) is 0 Å². The molecule has 0 saturated carbocycles. The van der Waals surface area contributed by atoms with Gasteiger partial charge in [-0.3, -0.25) is 19.5 Å². The zero-order chi connectivity index (χ0) is 22.8. The highest BCUT2D eigenvalue weighted by molar-refractivity contribution is 5.95. The SMILES string of the molecule is CCOC(=O)C1=C(Cn2cnc3cc([N+](=O)[O-])ccc3c2=O)NC(=O)NC1c1ccco1. The number of nitro benzene ring substituents is 1. The number of nitro groups is 1. The minimum atomic E-state index is -0.917. The van der Waals surface area contributed by atoms with Gasteiger partial charge in [0.05, 0.1) is 52.8 Å². The van der Waals surface area contributed by atoms with E-state index in [-0.39, 0.29) is 41.0 Å². The first-order chi connectivity index (χ1) is 15.4. The number of carbonyl (C=O) groups is 2. The molecular weight excluding hydrogens is 422 g/mol. The lowest BCUT2D eigenvalue weighted by Gasteiger charge is -2.28. The molecule has 0 bridgehead atoms. The number of aromatic nitrogens is 2. The standard InChI is InChI=1S/C20H17N5O7/c1-2-31-19(27)16-14(22-20(28)23-17(16)15-4-3-7-32-15)9-24-10-21-13-8-11(25(29)30)5-6-12(13)18(24)26/h3-8,10,17H,2,9H2,1H3,(H2,22,23,28). The Morgan fingerprint density at radius 2 is 2.16 bits per heavy atom. The van der Waals surface area contributed by atoms with Gasteiger partial charge in [-0.25, -0.2) is 14.6 Å². The van der Waals surface area contributed by atoms with Crippen LogP contribution >= 0.6 is 0 Å². The fourth-order valence-corrected chi connectivity index (χ4v) is 3.40. The largest absolute Gasteiger partial charge is 0.467 e. The summed E-state index contributed by atoms with van der Waals surface area (Å²) in [6, 6.07) is 5.42. The van der Waals surface area contributed by atoms with Crippen LogP contribution in [0.2, 0.25) is 0 Å². The van der Waals surface area contributed by atoms with E-state index in [0.717, 1.165) is 0 Å². The number of carbonyl (C=O) groups excluding carboxylic acids is 2. The second-order valence-electron chi connectivity index (χ2n) is 6.80.